The molecule has 0 radical (unpaired) electrons. The minimum Gasteiger partial charge on any atom is -0.333 e. The van der Waals surface area contributed by atoms with Crippen molar-refractivity contribution in [3.8, 4) is 0 Å². The maximum Gasteiger partial charge on any atom is 0.271 e. The zero-order chi connectivity index (χ0) is 14.3. The number of aromatic nitrogens is 3. The third-order valence-corrected chi connectivity index (χ3v) is 5.77. The van der Waals surface area contributed by atoms with Crippen molar-refractivity contribution in [2.45, 2.75) is 28.1 Å². The van der Waals surface area contributed by atoms with Crippen molar-refractivity contribution >= 4 is 45.4 Å². The predicted molar refractivity (Wildman–Crippen MR) is 77.7 cm³/mol. The highest BCUT2D eigenvalue weighted by Gasteiger charge is 2.22. The number of nitrogens with zero attached hydrogens (tertiary/aromatic N) is 2. The van der Waals surface area contributed by atoms with Gasteiger partial charge in [-0.25, -0.2) is 9.97 Å². The molecule has 6 nitrogen and oxygen atoms in total. The molecule has 0 bridgehead atoms. The van der Waals surface area contributed by atoms with Gasteiger partial charge < -0.3 is 4.98 Å². The molecule has 0 fully saturated rings. The van der Waals surface area contributed by atoms with Crippen LogP contribution in [0.3, 0.4) is 0 Å². The molecule has 1 aliphatic rings. The summed E-state index contributed by atoms with van der Waals surface area (Å²) in [5.41, 5.74) is 0. The fourth-order valence-corrected chi connectivity index (χ4v) is 4.37. The first-order valence-corrected chi connectivity index (χ1v) is 8.90. The fraction of sp³-hybridized carbons (Fsp3) is 0.273. The highest BCUT2D eigenvalue weighted by Crippen LogP contribution is 2.27. The van der Waals surface area contributed by atoms with Crippen LogP contribution in [0.1, 0.15) is 11.3 Å². The number of aromatic amines is 1. The van der Waals surface area contributed by atoms with Gasteiger partial charge in [0.05, 0.1) is 10.7 Å². The van der Waals surface area contributed by atoms with Crippen LogP contribution in [0.15, 0.2) is 15.7 Å². The molecule has 20 heavy (non-hydrogen) atoms. The quantitative estimate of drug-likeness (QED) is 0.798. The second-order valence-corrected chi connectivity index (χ2v) is 8.45. The van der Waals surface area contributed by atoms with E-state index in [1.807, 2.05) is 6.92 Å². The number of rotatable bonds is 3. The molecule has 2 aromatic rings. The van der Waals surface area contributed by atoms with E-state index in [9.17, 15) is 8.42 Å². The Bertz CT molecular complexity index is 866. The molecule has 2 N–H and O–H groups in total. The largest absolute Gasteiger partial charge is 0.333 e. The van der Waals surface area contributed by atoms with Crippen LogP contribution in [0, 0.1) is 6.92 Å². The summed E-state index contributed by atoms with van der Waals surface area (Å²) < 4.78 is 32.3. The number of imidazole rings is 1. The number of nitrogens with one attached hydrogen (secondary N) is 1. The molecule has 0 amide bonds. The maximum atomic E-state index is 11.2. The Morgan fingerprint density at radius 1 is 1.55 bits per heavy atom. The lowest BCUT2D eigenvalue weighted by Gasteiger charge is -2.07. The second-order valence-electron chi connectivity index (χ2n) is 4.34. The molecule has 0 aromatic carbocycles. The van der Waals surface area contributed by atoms with Crippen LogP contribution < -0.4 is 10.7 Å². The summed E-state index contributed by atoms with van der Waals surface area (Å²) in [6.07, 6.45) is 5.23. The number of aryl methyl sites for hydroxylation is 1. The van der Waals surface area contributed by atoms with Gasteiger partial charge in [-0.15, -0.1) is 11.3 Å². The molecular weight excluding hydrogens is 318 g/mol. The molecule has 2 heterocycles. The summed E-state index contributed by atoms with van der Waals surface area (Å²) in [5, 5.41) is 1.08. The highest BCUT2D eigenvalue weighted by atomic mass is 32.2. The lowest BCUT2D eigenvalue weighted by molar-refractivity contribution is 0.477. The maximum absolute atomic E-state index is 11.2. The van der Waals surface area contributed by atoms with E-state index in [0.717, 1.165) is 9.22 Å². The van der Waals surface area contributed by atoms with Gasteiger partial charge in [-0.05, 0) is 31.2 Å². The minimum absolute atomic E-state index is 0.233. The number of fused-ring (bicyclic) bond motifs is 1. The lowest BCUT2D eigenvalue weighted by Crippen LogP contribution is -2.33. The van der Waals surface area contributed by atoms with Crippen LogP contribution in [0.2, 0.25) is 0 Å². The highest BCUT2D eigenvalue weighted by molar-refractivity contribution is 8.00. The Morgan fingerprint density at radius 3 is 3.00 bits per heavy atom. The van der Waals surface area contributed by atoms with Crippen molar-refractivity contribution in [2.75, 3.05) is 0 Å². The van der Waals surface area contributed by atoms with E-state index in [4.69, 9.17) is 4.55 Å². The predicted octanol–water partition coefficient (Wildman–Crippen LogP) is 0.547. The standard InChI is InChI=1S/C11H11N3O3S3/c1-6-5-12-11(18-6)19-10-13-8-3-2-7(20(15,16)17)4-9(8)14-10/h3-5,7H,2H2,1H3,(H,13,14)(H,15,16,17). The Kier molecular flexibility index (Phi) is 3.44. The molecule has 0 saturated carbocycles. The van der Waals surface area contributed by atoms with E-state index in [2.05, 4.69) is 15.0 Å². The van der Waals surface area contributed by atoms with Gasteiger partial charge in [0.25, 0.3) is 10.1 Å². The summed E-state index contributed by atoms with van der Waals surface area (Å²) in [6.45, 7) is 1.98. The first-order valence-electron chi connectivity index (χ1n) is 5.76. The average molecular weight is 329 g/mol. The van der Waals surface area contributed by atoms with E-state index >= 15 is 0 Å². The Balaban J connectivity index is 1.94. The summed E-state index contributed by atoms with van der Waals surface area (Å²) >= 11 is 2.97. The molecule has 3 rings (SSSR count). The van der Waals surface area contributed by atoms with Crippen LogP contribution in [0.25, 0.3) is 12.2 Å². The lowest BCUT2D eigenvalue weighted by atomic mass is 10.2. The van der Waals surface area contributed by atoms with E-state index in [-0.39, 0.29) is 6.42 Å². The van der Waals surface area contributed by atoms with Crippen LogP contribution in [0.4, 0.5) is 0 Å². The van der Waals surface area contributed by atoms with Gasteiger partial charge in [-0.3, -0.25) is 4.55 Å². The molecule has 9 heteroatoms. The summed E-state index contributed by atoms with van der Waals surface area (Å²) in [6, 6.07) is 0. The fourth-order valence-electron chi connectivity index (χ4n) is 1.86. The van der Waals surface area contributed by atoms with Crippen molar-refractivity contribution in [1.29, 1.82) is 0 Å². The minimum atomic E-state index is -4.07. The molecule has 1 aliphatic carbocycles. The zero-order valence-corrected chi connectivity index (χ0v) is 12.8. The molecule has 1 unspecified atom stereocenters. The third-order valence-electron chi connectivity index (χ3n) is 2.80. The van der Waals surface area contributed by atoms with Crippen molar-refractivity contribution in [2.24, 2.45) is 0 Å². The van der Waals surface area contributed by atoms with Crippen LogP contribution in [0.5, 0.6) is 0 Å². The first-order chi connectivity index (χ1) is 9.41. The SMILES string of the molecule is Cc1cnc(Sc2nc3c([nH]2)=CC(S(=O)(=O)O)CC=3)s1. The second kappa shape index (κ2) is 4.99. The number of hydrogen-bond donors (Lipinski definition) is 2. The van der Waals surface area contributed by atoms with Crippen LogP contribution in [-0.2, 0) is 10.1 Å². The first kappa shape index (κ1) is 13.8. The number of hydrogen-bond acceptors (Lipinski definition) is 6. The molecule has 0 spiro atoms. The summed E-state index contributed by atoms with van der Waals surface area (Å²) in [4.78, 5) is 12.8. The van der Waals surface area contributed by atoms with Gasteiger partial charge in [0.15, 0.2) is 9.50 Å². The normalized spacial score (nSPS) is 18.2. The van der Waals surface area contributed by atoms with E-state index < -0.39 is 15.4 Å². The van der Waals surface area contributed by atoms with Crippen molar-refractivity contribution in [3.63, 3.8) is 0 Å². The van der Waals surface area contributed by atoms with Crippen LogP contribution >= 0.6 is 23.1 Å². The number of H-pyrrole nitrogens is 1. The molecular formula is C11H11N3O3S3. The number of thiazole rings is 1. The van der Waals surface area contributed by atoms with Crippen molar-refractivity contribution in [3.05, 3.63) is 21.8 Å². The zero-order valence-electron chi connectivity index (χ0n) is 10.4. The van der Waals surface area contributed by atoms with Gasteiger partial charge in [0.2, 0.25) is 0 Å². The van der Waals surface area contributed by atoms with E-state index in [0.29, 0.717) is 15.9 Å². The monoisotopic (exact) mass is 329 g/mol. The van der Waals surface area contributed by atoms with E-state index in [1.54, 1.807) is 23.6 Å². The van der Waals surface area contributed by atoms with Gasteiger partial charge in [0.1, 0.15) is 5.25 Å². The Hall–Kier alpha value is -1.16. The average Bonchev–Trinajstić information content (AvgIpc) is 2.93. The van der Waals surface area contributed by atoms with E-state index in [1.165, 1.54) is 17.8 Å². The molecule has 0 saturated heterocycles. The topological polar surface area (TPSA) is 95.9 Å². The van der Waals surface area contributed by atoms with Crippen LogP contribution in [-0.4, -0.2) is 33.2 Å². The molecule has 1 atom stereocenters. The van der Waals surface area contributed by atoms with Crippen molar-refractivity contribution in [1.82, 2.24) is 15.0 Å². The van der Waals surface area contributed by atoms with Gasteiger partial charge in [-0.1, -0.05) is 6.08 Å². The third kappa shape index (κ3) is 2.80. The Morgan fingerprint density at radius 2 is 2.35 bits per heavy atom. The molecule has 0 aliphatic heterocycles. The Labute approximate surface area is 123 Å². The smallest absolute Gasteiger partial charge is 0.271 e. The van der Waals surface area contributed by atoms with Gasteiger partial charge in [-0.2, -0.15) is 8.42 Å². The van der Waals surface area contributed by atoms with Gasteiger partial charge >= 0.3 is 0 Å². The summed E-state index contributed by atoms with van der Waals surface area (Å²) in [7, 11) is -4.07. The van der Waals surface area contributed by atoms with Gasteiger partial charge in [0, 0.05) is 11.1 Å². The van der Waals surface area contributed by atoms with Crippen molar-refractivity contribution < 1.29 is 13.0 Å². The molecule has 2 aromatic heterocycles. The summed E-state index contributed by atoms with van der Waals surface area (Å²) in [5.74, 6) is 0. The molecule has 106 valence electrons.